The van der Waals surface area contributed by atoms with Crippen LogP contribution in [0.1, 0.15) is 19.2 Å². The summed E-state index contributed by atoms with van der Waals surface area (Å²) in [5, 5.41) is 16.2. The zero-order valence-electron chi connectivity index (χ0n) is 9.98. The average molecular weight is 234 g/mol. The Balaban J connectivity index is 1.66. The molecule has 5 heteroatoms. The Morgan fingerprint density at radius 1 is 1.47 bits per heavy atom. The lowest BCUT2D eigenvalue weighted by Crippen LogP contribution is -2.36. The minimum Gasteiger partial charge on any atom is -0.505 e. The van der Waals surface area contributed by atoms with Gasteiger partial charge in [-0.2, -0.15) is 0 Å². The Kier molecular flexibility index (Phi) is 2.52. The van der Waals surface area contributed by atoms with Gasteiger partial charge in [-0.1, -0.05) is 6.92 Å². The Morgan fingerprint density at radius 3 is 2.94 bits per heavy atom. The molecule has 0 amide bonds. The van der Waals surface area contributed by atoms with Crippen LogP contribution < -0.4 is 10.6 Å². The lowest BCUT2D eigenvalue weighted by Gasteiger charge is -2.20. The molecule has 3 heterocycles. The fraction of sp³-hybridized carbons (Fsp3) is 0.667. The zero-order chi connectivity index (χ0) is 11.9. The number of fused-ring (bicyclic) bond motifs is 1. The van der Waals surface area contributed by atoms with Crippen molar-refractivity contribution in [2.75, 3.05) is 13.1 Å². The first-order chi connectivity index (χ1) is 8.16. The van der Waals surface area contributed by atoms with E-state index in [0.717, 1.165) is 31.8 Å². The normalized spacial score (nSPS) is 36.1. The summed E-state index contributed by atoms with van der Waals surface area (Å²) in [5.74, 6) is 0.929. The van der Waals surface area contributed by atoms with E-state index in [-0.39, 0.29) is 5.75 Å². The molecule has 0 aliphatic carbocycles. The van der Waals surface area contributed by atoms with E-state index in [1.165, 1.54) is 12.4 Å². The van der Waals surface area contributed by atoms with Crippen molar-refractivity contribution in [3.05, 3.63) is 18.2 Å². The van der Waals surface area contributed by atoms with E-state index < -0.39 is 0 Å². The van der Waals surface area contributed by atoms with Crippen LogP contribution in [-0.2, 0) is 6.42 Å². The topological polar surface area (TPSA) is 70.1 Å². The van der Waals surface area contributed by atoms with Gasteiger partial charge in [0.2, 0.25) is 0 Å². The molecule has 17 heavy (non-hydrogen) atoms. The molecular weight excluding hydrogens is 216 g/mol. The van der Waals surface area contributed by atoms with E-state index in [9.17, 15) is 0 Å². The van der Waals surface area contributed by atoms with Gasteiger partial charge >= 0.3 is 0 Å². The van der Waals surface area contributed by atoms with E-state index in [1.54, 1.807) is 0 Å². The summed E-state index contributed by atoms with van der Waals surface area (Å²) in [6.07, 6.45) is 4.92. The van der Waals surface area contributed by atoms with Gasteiger partial charge in [-0.25, -0.2) is 9.97 Å². The highest BCUT2D eigenvalue weighted by atomic mass is 16.3. The number of nitrogens with one attached hydrogen (secondary N) is 2. The molecule has 3 rings (SSSR count). The van der Waals surface area contributed by atoms with E-state index in [2.05, 4.69) is 27.5 Å². The first-order valence-electron chi connectivity index (χ1n) is 6.12. The Hall–Kier alpha value is -1.20. The van der Waals surface area contributed by atoms with Crippen LogP contribution in [0.4, 0.5) is 0 Å². The van der Waals surface area contributed by atoms with Crippen molar-refractivity contribution in [3.63, 3.8) is 0 Å². The predicted molar refractivity (Wildman–Crippen MR) is 63.7 cm³/mol. The Bertz CT molecular complexity index is 407. The summed E-state index contributed by atoms with van der Waals surface area (Å²) in [6.45, 7) is 4.49. The van der Waals surface area contributed by atoms with Gasteiger partial charge in [0.1, 0.15) is 5.82 Å². The maximum atomic E-state index is 9.14. The van der Waals surface area contributed by atoms with Gasteiger partial charge in [-0.15, -0.1) is 0 Å². The van der Waals surface area contributed by atoms with Crippen LogP contribution in [0.3, 0.4) is 0 Å². The third-order valence-electron chi connectivity index (χ3n) is 3.99. The zero-order valence-corrected chi connectivity index (χ0v) is 9.98. The summed E-state index contributed by atoms with van der Waals surface area (Å²) in [5.41, 5.74) is 0.377. The maximum Gasteiger partial charge on any atom is 0.152 e. The van der Waals surface area contributed by atoms with Crippen LogP contribution >= 0.6 is 0 Å². The largest absolute Gasteiger partial charge is 0.505 e. The molecule has 2 saturated heterocycles. The third-order valence-corrected chi connectivity index (χ3v) is 3.99. The minimum atomic E-state index is 0.126. The highest BCUT2D eigenvalue weighted by molar-refractivity contribution is 5.12. The second-order valence-corrected chi connectivity index (χ2v) is 5.47. The molecule has 0 saturated carbocycles. The van der Waals surface area contributed by atoms with Crippen molar-refractivity contribution in [2.45, 2.75) is 31.8 Å². The van der Waals surface area contributed by atoms with Gasteiger partial charge in [-0.05, 0) is 11.8 Å². The third kappa shape index (κ3) is 2.00. The standard InChI is InChI=1S/C12H18N4O/c1-12-3-8(16-10(12)6-13-7-12)2-11-14-4-9(17)5-15-11/h4-5,8,10,13,16-17H,2-3,6-7H2,1H3/t8?,10-,12+/m0/s1. The highest BCUT2D eigenvalue weighted by Crippen LogP contribution is 2.37. The maximum absolute atomic E-state index is 9.14. The molecule has 0 bridgehead atoms. The summed E-state index contributed by atoms with van der Waals surface area (Å²) >= 11 is 0. The Labute approximate surface area is 101 Å². The quantitative estimate of drug-likeness (QED) is 0.675. The molecule has 3 N–H and O–H groups in total. The minimum absolute atomic E-state index is 0.126. The number of hydrogen-bond acceptors (Lipinski definition) is 5. The summed E-state index contributed by atoms with van der Waals surface area (Å²) in [4.78, 5) is 8.28. The van der Waals surface area contributed by atoms with Crippen molar-refractivity contribution in [1.82, 2.24) is 20.6 Å². The first kappa shape index (κ1) is 10.9. The molecule has 1 aromatic heterocycles. The summed E-state index contributed by atoms with van der Waals surface area (Å²) in [7, 11) is 0. The van der Waals surface area contributed by atoms with Crippen LogP contribution in [0.25, 0.3) is 0 Å². The van der Waals surface area contributed by atoms with Crippen LogP contribution in [-0.4, -0.2) is 40.2 Å². The van der Waals surface area contributed by atoms with Gasteiger partial charge in [0.15, 0.2) is 5.75 Å². The predicted octanol–water partition coefficient (Wildman–Crippen LogP) is 0.0647. The molecule has 0 spiro atoms. The van der Waals surface area contributed by atoms with Crippen molar-refractivity contribution in [3.8, 4) is 5.75 Å². The average Bonchev–Trinajstić information content (AvgIpc) is 2.76. The van der Waals surface area contributed by atoms with Crippen molar-refractivity contribution in [2.24, 2.45) is 5.41 Å². The lowest BCUT2D eigenvalue weighted by atomic mass is 9.84. The van der Waals surface area contributed by atoms with Crippen LogP contribution in [0.2, 0.25) is 0 Å². The molecule has 1 aromatic rings. The van der Waals surface area contributed by atoms with Crippen LogP contribution in [0, 0.1) is 5.41 Å². The second-order valence-electron chi connectivity index (χ2n) is 5.47. The Morgan fingerprint density at radius 2 is 2.24 bits per heavy atom. The molecule has 3 atom stereocenters. The number of aromatic hydroxyl groups is 1. The fourth-order valence-corrected chi connectivity index (χ4v) is 3.06. The number of aromatic nitrogens is 2. The van der Waals surface area contributed by atoms with Crippen molar-refractivity contribution < 1.29 is 5.11 Å². The molecule has 0 radical (unpaired) electrons. The van der Waals surface area contributed by atoms with Crippen molar-refractivity contribution >= 4 is 0 Å². The summed E-state index contributed by atoms with van der Waals surface area (Å²) < 4.78 is 0. The van der Waals surface area contributed by atoms with Gasteiger partial charge in [0, 0.05) is 31.6 Å². The lowest BCUT2D eigenvalue weighted by molar-refractivity contribution is 0.350. The molecule has 5 nitrogen and oxygen atoms in total. The fourth-order valence-electron chi connectivity index (χ4n) is 3.06. The van der Waals surface area contributed by atoms with E-state index >= 15 is 0 Å². The van der Waals surface area contributed by atoms with Crippen LogP contribution in [0.5, 0.6) is 5.75 Å². The number of rotatable bonds is 2. The number of hydrogen-bond donors (Lipinski definition) is 3. The first-order valence-corrected chi connectivity index (χ1v) is 6.12. The smallest absolute Gasteiger partial charge is 0.152 e. The molecule has 2 aliphatic heterocycles. The second kappa shape index (κ2) is 3.92. The van der Waals surface area contributed by atoms with Gasteiger partial charge < -0.3 is 15.7 Å². The molecule has 1 unspecified atom stereocenters. The monoisotopic (exact) mass is 234 g/mol. The molecule has 92 valence electrons. The molecular formula is C12H18N4O. The highest BCUT2D eigenvalue weighted by Gasteiger charge is 2.46. The van der Waals surface area contributed by atoms with E-state index in [1.807, 2.05) is 0 Å². The van der Waals surface area contributed by atoms with E-state index in [0.29, 0.717) is 17.5 Å². The van der Waals surface area contributed by atoms with Crippen LogP contribution in [0.15, 0.2) is 12.4 Å². The van der Waals surface area contributed by atoms with Gasteiger partial charge in [0.25, 0.3) is 0 Å². The van der Waals surface area contributed by atoms with E-state index in [4.69, 9.17) is 5.11 Å². The SMILES string of the molecule is C[C@@]12CNC[C@@H]1NC(Cc1ncc(O)cn1)C2. The summed E-state index contributed by atoms with van der Waals surface area (Å²) in [6, 6.07) is 1.03. The van der Waals surface area contributed by atoms with Gasteiger partial charge in [-0.3, -0.25) is 0 Å². The number of nitrogens with zero attached hydrogens (tertiary/aromatic N) is 2. The van der Waals surface area contributed by atoms with Crippen molar-refractivity contribution in [1.29, 1.82) is 0 Å². The van der Waals surface area contributed by atoms with Gasteiger partial charge in [0.05, 0.1) is 12.4 Å². The molecule has 2 fully saturated rings. The molecule has 0 aromatic carbocycles. The molecule has 2 aliphatic rings.